The summed E-state index contributed by atoms with van der Waals surface area (Å²) in [5, 5.41) is 7.11. The summed E-state index contributed by atoms with van der Waals surface area (Å²) in [4.78, 5) is 20.8. The first-order valence-corrected chi connectivity index (χ1v) is 7.51. The van der Waals surface area contributed by atoms with Crippen LogP contribution in [0.15, 0.2) is 18.5 Å². The molecule has 0 radical (unpaired) electrons. The number of carbonyl (C=O) groups is 1. The van der Waals surface area contributed by atoms with Crippen molar-refractivity contribution in [2.45, 2.75) is 33.7 Å². The predicted molar refractivity (Wildman–Crippen MR) is 86.0 cm³/mol. The van der Waals surface area contributed by atoms with E-state index >= 15 is 0 Å². The van der Waals surface area contributed by atoms with Crippen LogP contribution in [0.4, 0.5) is 0 Å². The second kappa shape index (κ2) is 5.83. The van der Waals surface area contributed by atoms with Gasteiger partial charge in [0, 0.05) is 35.4 Å². The number of amides is 1. The lowest BCUT2D eigenvalue weighted by atomic mass is 10.1. The monoisotopic (exact) mass is 312 g/mol. The first kappa shape index (κ1) is 15.2. The molecular formula is C16H20N6O. The molecule has 3 heterocycles. The lowest BCUT2D eigenvalue weighted by Gasteiger charge is -2.11. The maximum Gasteiger partial charge on any atom is 0.252 e. The van der Waals surface area contributed by atoms with Crippen LogP contribution < -0.4 is 5.32 Å². The minimum absolute atomic E-state index is 0.0312. The fraction of sp³-hybridized carbons (Fsp3) is 0.375. The van der Waals surface area contributed by atoms with Crippen molar-refractivity contribution in [3.8, 4) is 0 Å². The number of hydrogen-bond donors (Lipinski definition) is 1. The van der Waals surface area contributed by atoms with Crippen molar-refractivity contribution in [2.75, 3.05) is 0 Å². The Hall–Kier alpha value is -2.70. The van der Waals surface area contributed by atoms with Crippen molar-refractivity contribution < 1.29 is 4.79 Å². The maximum absolute atomic E-state index is 12.3. The Balaban J connectivity index is 1.74. The molecule has 0 aliphatic rings. The standard InChI is InChI=1S/C16H20N6O/c1-10-5-6-13(21(10)4)8-17-15(23)7-14-11(2)20-16-18-9-19-22(16)12(14)3/h5-6,9H,7-8H2,1-4H3,(H,17,23). The predicted octanol–water partition coefficient (Wildman–Crippen LogP) is 1.25. The average Bonchev–Trinajstić information content (AvgIpc) is 3.10. The molecule has 0 spiro atoms. The highest BCUT2D eigenvalue weighted by molar-refractivity contribution is 5.79. The van der Waals surface area contributed by atoms with Crippen molar-refractivity contribution in [3.05, 3.63) is 46.8 Å². The summed E-state index contributed by atoms with van der Waals surface area (Å²) in [7, 11) is 1.99. The van der Waals surface area contributed by atoms with E-state index in [4.69, 9.17) is 0 Å². The molecule has 0 atom stereocenters. The topological polar surface area (TPSA) is 77.1 Å². The van der Waals surface area contributed by atoms with Gasteiger partial charge in [0.1, 0.15) is 6.33 Å². The lowest BCUT2D eigenvalue weighted by Crippen LogP contribution is -2.26. The molecule has 3 rings (SSSR count). The van der Waals surface area contributed by atoms with Gasteiger partial charge in [-0.1, -0.05) is 0 Å². The summed E-state index contributed by atoms with van der Waals surface area (Å²) in [5.41, 5.74) is 4.85. The van der Waals surface area contributed by atoms with Gasteiger partial charge in [0.2, 0.25) is 5.91 Å². The van der Waals surface area contributed by atoms with Gasteiger partial charge in [0.15, 0.2) is 0 Å². The average molecular weight is 312 g/mol. The van der Waals surface area contributed by atoms with E-state index in [1.165, 1.54) is 12.0 Å². The second-order valence-corrected chi connectivity index (χ2v) is 5.71. The molecule has 120 valence electrons. The van der Waals surface area contributed by atoms with E-state index in [1.54, 1.807) is 4.52 Å². The van der Waals surface area contributed by atoms with Gasteiger partial charge in [0.05, 0.1) is 13.0 Å². The third kappa shape index (κ3) is 2.81. The Bertz CT molecular complexity index is 876. The Labute approximate surface area is 134 Å². The molecule has 7 heteroatoms. The molecule has 3 aromatic rings. The van der Waals surface area contributed by atoms with Gasteiger partial charge in [-0.2, -0.15) is 10.1 Å². The lowest BCUT2D eigenvalue weighted by molar-refractivity contribution is -0.120. The van der Waals surface area contributed by atoms with E-state index in [1.807, 2.05) is 40.0 Å². The van der Waals surface area contributed by atoms with Crippen LogP contribution >= 0.6 is 0 Å². The highest BCUT2D eigenvalue weighted by Gasteiger charge is 2.14. The Morgan fingerprint density at radius 2 is 2.04 bits per heavy atom. The summed E-state index contributed by atoms with van der Waals surface area (Å²) in [5.74, 6) is 0.528. The molecule has 1 N–H and O–H groups in total. The fourth-order valence-corrected chi connectivity index (χ4v) is 2.67. The van der Waals surface area contributed by atoms with Crippen LogP contribution in [0.25, 0.3) is 5.78 Å². The van der Waals surface area contributed by atoms with Crippen molar-refractivity contribution in [1.29, 1.82) is 0 Å². The van der Waals surface area contributed by atoms with Crippen molar-refractivity contribution in [2.24, 2.45) is 7.05 Å². The van der Waals surface area contributed by atoms with Gasteiger partial charge in [-0.05, 0) is 32.9 Å². The molecular weight excluding hydrogens is 292 g/mol. The molecule has 7 nitrogen and oxygen atoms in total. The Kier molecular flexibility index (Phi) is 3.85. The molecule has 0 bridgehead atoms. The molecule has 0 aliphatic heterocycles. The van der Waals surface area contributed by atoms with Crippen LogP contribution in [-0.2, 0) is 24.8 Å². The van der Waals surface area contributed by atoms with E-state index in [2.05, 4.69) is 25.0 Å². The van der Waals surface area contributed by atoms with Crippen LogP contribution in [0.2, 0.25) is 0 Å². The number of fused-ring (bicyclic) bond motifs is 1. The summed E-state index contributed by atoms with van der Waals surface area (Å²) < 4.78 is 3.73. The van der Waals surface area contributed by atoms with E-state index in [-0.39, 0.29) is 12.3 Å². The first-order chi connectivity index (χ1) is 11.0. The van der Waals surface area contributed by atoms with Crippen molar-refractivity contribution in [1.82, 2.24) is 29.5 Å². The largest absolute Gasteiger partial charge is 0.350 e. The zero-order chi connectivity index (χ0) is 16.6. The number of aromatic nitrogens is 5. The van der Waals surface area contributed by atoms with Gasteiger partial charge in [-0.3, -0.25) is 4.79 Å². The number of rotatable bonds is 4. The maximum atomic E-state index is 12.3. The van der Waals surface area contributed by atoms with Crippen LogP contribution in [0, 0.1) is 20.8 Å². The molecule has 0 fully saturated rings. The van der Waals surface area contributed by atoms with Gasteiger partial charge in [0.25, 0.3) is 5.78 Å². The summed E-state index contributed by atoms with van der Waals surface area (Å²) in [6.45, 7) is 6.38. The van der Waals surface area contributed by atoms with Crippen LogP contribution in [0.5, 0.6) is 0 Å². The SMILES string of the molecule is Cc1nc2ncnn2c(C)c1CC(=O)NCc1ccc(C)n1C. The molecule has 0 unspecified atom stereocenters. The zero-order valence-electron chi connectivity index (χ0n) is 13.8. The summed E-state index contributed by atoms with van der Waals surface area (Å²) in [6, 6.07) is 4.06. The van der Waals surface area contributed by atoms with E-state index in [9.17, 15) is 4.79 Å². The van der Waals surface area contributed by atoms with E-state index in [0.29, 0.717) is 12.3 Å². The third-order valence-electron chi connectivity index (χ3n) is 4.27. The highest BCUT2D eigenvalue weighted by Crippen LogP contribution is 2.13. The highest BCUT2D eigenvalue weighted by atomic mass is 16.1. The van der Waals surface area contributed by atoms with Gasteiger partial charge in [-0.15, -0.1) is 0 Å². The summed E-state index contributed by atoms with van der Waals surface area (Å²) >= 11 is 0. The van der Waals surface area contributed by atoms with Gasteiger partial charge < -0.3 is 9.88 Å². The molecule has 1 amide bonds. The van der Waals surface area contributed by atoms with E-state index in [0.717, 1.165) is 22.6 Å². The zero-order valence-corrected chi connectivity index (χ0v) is 13.8. The quantitative estimate of drug-likeness (QED) is 0.786. The van der Waals surface area contributed by atoms with Crippen LogP contribution in [0.1, 0.15) is 28.3 Å². The normalized spacial score (nSPS) is 11.1. The number of nitrogens with one attached hydrogen (secondary N) is 1. The van der Waals surface area contributed by atoms with Crippen LogP contribution in [0.3, 0.4) is 0 Å². The second-order valence-electron chi connectivity index (χ2n) is 5.71. The first-order valence-electron chi connectivity index (χ1n) is 7.51. The van der Waals surface area contributed by atoms with Crippen LogP contribution in [-0.4, -0.2) is 30.1 Å². The minimum atomic E-state index is -0.0312. The summed E-state index contributed by atoms with van der Waals surface area (Å²) in [6.07, 6.45) is 1.75. The molecule has 3 aromatic heterocycles. The Morgan fingerprint density at radius 1 is 1.26 bits per heavy atom. The fourth-order valence-electron chi connectivity index (χ4n) is 2.67. The number of nitrogens with zero attached hydrogens (tertiary/aromatic N) is 5. The molecule has 0 saturated heterocycles. The van der Waals surface area contributed by atoms with Gasteiger partial charge >= 0.3 is 0 Å². The number of hydrogen-bond acceptors (Lipinski definition) is 4. The molecule has 23 heavy (non-hydrogen) atoms. The molecule has 0 saturated carbocycles. The number of carbonyl (C=O) groups excluding carboxylic acids is 1. The minimum Gasteiger partial charge on any atom is -0.350 e. The molecule has 0 aromatic carbocycles. The smallest absolute Gasteiger partial charge is 0.252 e. The third-order valence-corrected chi connectivity index (χ3v) is 4.27. The molecule has 0 aliphatic carbocycles. The van der Waals surface area contributed by atoms with Gasteiger partial charge in [-0.25, -0.2) is 9.50 Å². The van der Waals surface area contributed by atoms with Crippen molar-refractivity contribution >= 4 is 11.7 Å². The number of aryl methyl sites for hydroxylation is 3. The van der Waals surface area contributed by atoms with E-state index < -0.39 is 0 Å². The van der Waals surface area contributed by atoms with Crippen molar-refractivity contribution in [3.63, 3.8) is 0 Å². The Morgan fingerprint density at radius 3 is 2.74 bits per heavy atom.